The molecule has 2 amide bonds. The molecule has 3 aliphatic rings. The SMILES string of the molecule is O=C1CC2(CCCC2)C(=O)N1N1CCCCC1. The molecule has 2 aliphatic heterocycles. The second kappa shape index (κ2) is 4.09. The Morgan fingerprint density at radius 3 is 2.18 bits per heavy atom. The molecule has 0 bridgehead atoms. The Hall–Kier alpha value is -0.900. The van der Waals surface area contributed by atoms with E-state index in [2.05, 4.69) is 0 Å². The molecule has 2 saturated heterocycles. The van der Waals surface area contributed by atoms with Crippen molar-refractivity contribution in [2.24, 2.45) is 5.41 Å². The largest absolute Gasteiger partial charge is 0.273 e. The van der Waals surface area contributed by atoms with Gasteiger partial charge in [-0.15, -0.1) is 0 Å². The molecule has 0 unspecified atom stereocenters. The van der Waals surface area contributed by atoms with Crippen molar-refractivity contribution < 1.29 is 9.59 Å². The maximum absolute atomic E-state index is 12.5. The number of carbonyl (C=O) groups is 2. The van der Waals surface area contributed by atoms with Crippen molar-refractivity contribution in [1.29, 1.82) is 0 Å². The molecule has 4 heteroatoms. The highest BCUT2D eigenvalue weighted by Gasteiger charge is 2.54. The van der Waals surface area contributed by atoms with Gasteiger partial charge in [0.2, 0.25) is 5.91 Å². The maximum Gasteiger partial charge on any atom is 0.250 e. The fourth-order valence-corrected chi connectivity index (χ4v) is 3.58. The lowest BCUT2D eigenvalue weighted by molar-refractivity contribution is -0.161. The Kier molecular flexibility index (Phi) is 2.69. The number of piperidine rings is 1. The first-order chi connectivity index (χ1) is 8.23. The van der Waals surface area contributed by atoms with Gasteiger partial charge in [-0.25, -0.2) is 10.0 Å². The van der Waals surface area contributed by atoms with Crippen LogP contribution in [0.1, 0.15) is 51.4 Å². The first kappa shape index (κ1) is 11.2. The third-order valence-electron chi connectivity index (χ3n) is 4.55. The van der Waals surface area contributed by atoms with Crippen LogP contribution in [0.2, 0.25) is 0 Å². The average molecular weight is 236 g/mol. The highest BCUT2D eigenvalue weighted by Crippen LogP contribution is 2.47. The van der Waals surface area contributed by atoms with Crippen LogP contribution >= 0.6 is 0 Å². The van der Waals surface area contributed by atoms with Crippen LogP contribution in [0, 0.1) is 5.41 Å². The normalized spacial score (nSPS) is 29.5. The van der Waals surface area contributed by atoms with E-state index in [1.54, 1.807) is 0 Å². The topological polar surface area (TPSA) is 40.6 Å². The van der Waals surface area contributed by atoms with Crippen LogP contribution in [-0.4, -0.2) is 34.9 Å². The van der Waals surface area contributed by atoms with Gasteiger partial charge in [-0.2, -0.15) is 0 Å². The first-order valence-electron chi connectivity index (χ1n) is 6.85. The molecular weight excluding hydrogens is 216 g/mol. The second-order valence-electron chi connectivity index (χ2n) is 5.69. The summed E-state index contributed by atoms with van der Waals surface area (Å²) in [6, 6.07) is 0. The van der Waals surface area contributed by atoms with Crippen LogP contribution in [0.15, 0.2) is 0 Å². The van der Waals surface area contributed by atoms with E-state index in [4.69, 9.17) is 0 Å². The molecule has 17 heavy (non-hydrogen) atoms. The van der Waals surface area contributed by atoms with Crippen molar-refractivity contribution >= 4 is 11.8 Å². The summed E-state index contributed by atoms with van der Waals surface area (Å²) in [6.07, 6.45) is 7.93. The summed E-state index contributed by atoms with van der Waals surface area (Å²) in [5, 5.41) is 3.48. The van der Waals surface area contributed by atoms with Gasteiger partial charge in [-0.1, -0.05) is 19.3 Å². The summed E-state index contributed by atoms with van der Waals surface area (Å²) in [5.74, 6) is 0.140. The Labute approximate surface area is 102 Å². The fraction of sp³-hybridized carbons (Fsp3) is 0.846. The monoisotopic (exact) mass is 236 g/mol. The van der Waals surface area contributed by atoms with Crippen molar-refractivity contribution in [2.75, 3.05) is 13.1 Å². The molecule has 1 aliphatic carbocycles. The molecule has 4 nitrogen and oxygen atoms in total. The number of amides is 2. The number of hydrazine groups is 1. The minimum atomic E-state index is -0.311. The van der Waals surface area contributed by atoms with Crippen LogP contribution in [0.4, 0.5) is 0 Å². The van der Waals surface area contributed by atoms with E-state index < -0.39 is 0 Å². The van der Waals surface area contributed by atoms with E-state index in [1.807, 2.05) is 5.01 Å². The standard InChI is InChI=1S/C13H20N2O2/c16-11-10-13(6-2-3-7-13)12(17)15(11)14-8-4-1-5-9-14/h1-10H2. The fourth-order valence-electron chi connectivity index (χ4n) is 3.58. The minimum Gasteiger partial charge on any atom is -0.273 e. The van der Waals surface area contributed by atoms with E-state index in [0.29, 0.717) is 6.42 Å². The van der Waals surface area contributed by atoms with Crippen LogP contribution in [0.5, 0.6) is 0 Å². The molecular formula is C13H20N2O2. The third kappa shape index (κ3) is 1.69. The van der Waals surface area contributed by atoms with Crippen LogP contribution < -0.4 is 0 Å². The molecule has 0 aromatic carbocycles. The number of imide groups is 1. The first-order valence-corrected chi connectivity index (χ1v) is 6.85. The van der Waals surface area contributed by atoms with E-state index >= 15 is 0 Å². The van der Waals surface area contributed by atoms with E-state index in [0.717, 1.165) is 51.6 Å². The lowest BCUT2D eigenvalue weighted by atomic mass is 9.85. The molecule has 0 atom stereocenters. The Morgan fingerprint density at radius 2 is 1.53 bits per heavy atom. The van der Waals surface area contributed by atoms with Crippen LogP contribution in [0.3, 0.4) is 0 Å². The van der Waals surface area contributed by atoms with E-state index in [9.17, 15) is 9.59 Å². The molecule has 0 aromatic heterocycles. The predicted molar refractivity (Wildman–Crippen MR) is 62.8 cm³/mol. The zero-order valence-corrected chi connectivity index (χ0v) is 10.3. The maximum atomic E-state index is 12.5. The number of carbonyl (C=O) groups excluding carboxylic acids is 2. The molecule has 0 N–H and O–H groups in total. The second-order valence-corrected chi connectivity index (χ2v) is 5.69. The van der Waals surface area contributed by atoms with Gasteiger partial charge in [-0.05, 0) is 25.7 Å². The Bertz CT molecular complexity index is 341. The van der Waals surface area contributed by atoms with Gasteiger partial charge in [-0.3, -0.25) is 9.59 Å². The summed E-state index contributed by atoms with van der Waals surface area (Å²) in [5.41, 5.74) is -0.311. The number of hydrogen-bond acceptors (Lipinski definition) is 3. The van der Waals surface area contributed by atoms with Crippen molar-refractivity contribution in [2.45, 2.75) is 51.4 Å². The van der Waals surface area contributed by atoms with Crippen molar-refractivity contribution in [3.8, 4) is 0 Å². The van der Waals surface area contributed by atoms with Gasteiger partial charge in [0.05, 0.1) is 5.41 Å². The molecule has 0 aromatic rings. The summed E-state index contributed by atoms with van der Waals surface area (Å²) in [7, 11) is 0. The molecule has 1 saturated carbocycles. The molecule has 0 radical (unpaired) electrons. The highest BCUT2D eigenvalue weighted by molar-refractivity contribution is 6.05. The smallest absolute Gasteiger partial charge is 0.250 e. The summed E-state index contributed by atoms with van der Waals surface area (Å²) in [6.45, 7) is 1.74. The molecule has 1 spiro atoms. The van der Waals surface area contributed by atoms with Gasteiger partial charge in [0, 0.05) is 19.5 Å². The Balaban J connectivity index is 1.80. The number of hydrogen-bond donors (Lipinski definition) is 0. The van der Waals surface area contributed by atoms with E-state index in [1.165, 1.54) is 11.4 Å². The van der Waals surface area contributed by atoms with Gasteiger partial charge in [0.25, 0.3) is 5.91 Å². The summed E-state index contributed by atoms with van der Waals surface area (Å²) in [4.78, 5) is 24.6. The van der Waals surface area contributed by atoms with Crippen molar-refractivity contribution in [3.05, 3.63) is 0 Å². The van der Waals surface area contributed by atoms with Gasteiger partial charge in [0.15, 0.2) is 0 Å². The third-order valence-corrected chi connectivity index (χ3v) is 4.55. The number of nitrogens with zero attached hydrogens (tertiary/aromatic N) is 2. The lowest BCUT2D eigenvalue weighted by Gasteiger charge is -2.34. The zero-order valence-electron chi connectivity index (χ0n) is 10.3. The van der Waals surface area contributed by atoms with Crippen LogP contribution in [-0.2, 0) is 9.59 Å². The van der Waals surface area contributed by atoms with Gasteiger partial charge >= 0.3 is 0 Å². The van der Waals surface area contributed by atoms with Crippen molar-refractivity contribution in [3.63, 3.8) is 0 Å². The molecule has 94 valence electrons. The van der Waals surface area contributed by atoms with Crippen molar-refractivity contribution in [1.82, 2.24) is 10.0 Å². The lowest BCUT2D eigenvalue weighted by Crippen LogP contribution is -2.49. The van der Waals surface area contributed by atoms with Gasteiger partial charge in [0.1, 0.15) is 0 Å². The Morgan fingerprint density at radius 1 is 0.882 bits per heavy atom. The summed E-state index contributed by atoms with van der Waals surface area (Å²) < 4.78 is 0. The predicted octanol–water partition coefficient (Wildman–Crippen LogP) is 1.71. The zero-order chi connectivity index (χ0) is 11.9. The average Bonchev–Trinajstić information content (AvgIpc) is 2.88. The van der Waals surface area contributed by atoms with Gasteiger partial charge < -0.3 is 0 Å². The van der Waals surface area contributed by atoms with Crippen LogP contribution in [0.25, 0.3) is 0 Å². The molecule has 3 fully saturated rings. The quantitative estimate of drug-likeness (QED) is 0.651. The summed E-state index contributed by atoms with van der Waals surface area (Å²) >= 11 is 0. The minimum absolute atomic E-state index is 0.0406. The molecule has 3 rings (SSSR count). The van der Waals surface area contributed by atoms with E-state index in [-0.39, 0.29) is 17.2 Å². The highest BCUT2D eigenvalue weighted by atomic mass is 16.2. The number of rotatable bonds is 1. The molecule has 2 heterocycles.